The van der Waals surface area contributed by atoms with E-state index in [9.17, 15) is 4.79 Å². The number of carboxylic acid groups (broad SMARTS) is 1. The fraction of sp³-hybridized carbons (Fsp3) is 0.538. The van der Waals surface area contributed by atoms with Gasteiger partial charge in [-0.15, -0.1) is 10.2 Å². The van der Waals surface area contributed by atoms with Crippen LogP contribution in [0.4, 0.5) is 0 Å². The molecular formula is C13H17N5O2S. The normalized spacial score (nSPS) is 14.8. The minimum absolute atomic E-state index is 0.0267. The second-order valence-electron chi connectivity index (χ2n) is 5.41. The summed E-state index contributed by atoms with van der Waals surface area (Å²) >= 11 is 1.19. The molecule has 112 valence electrons. The van der Waals surface area contributed by atoms with Crippen molar-refractivity contribution < 1.29 is 9.90 Å². The van der Waals surface area contributed by atoms with Gasteiger partial charge in [0, 0.05) is 18.2 Å². The zero-order chi connectivity index (χ0) is 15.0. The highest BCUT2D eigenvalue weighted by molar-refractivity contribution is 7.99. The first kappa shape index (κ1) is 14.1. The number of aromatic nitrogens is 5. The number of aliphatic carboxylic acids is 1. The van der Waals surface area contributed by atoms with Crippen LogP contribution in [-0.2, 0) is 4.79 Å². The molecule has 2 aromatic rings. The van der Waals surface area contributed by atoms with Crippen LogP contribution in [0.25, 0.3) is 5.69 Å². The third-order valence-corrected chi connectivity index (χ3v) is 4.21. The van der Waals surface area contributed by atoms with Crippen molar-refractivity contribution >= 4 is 17.7 Å². The molecule has 7 nitrogen and oxygen atoms in total. The first-order valence-electron chi connectivity index (χ1n) is 6.90. The molecule has 0 spiro atoms. The van der Waals surface area contributed by atoms with Crippen molar-refractivity contribution in [2.75, 3.05) is 5.75 Å². The van der Waals surface area contributed by atoms with Crippen LogP contribution < -0.4 is 0 Å². The molecule has 0 saturated heterocycles. The Kier molecular flexibility index (Phi) is 3.71. The van der Waals surface area contributed by atoms with E-state index in [0.29, 0.717) is 11.1 Å². The number of carbonyl (C=O) groups is 1. The van der Waals surface area contributed by atoms with Crippen molar-refractivity contribution in [1.29, 1.82) is 0 Å². The summed E-state index contributed by atoms with van der Waals surface area (Å²) in [4.78, 5) is 10.8. The number of thioether (sulfide) groups is 1. The molecule has 21 heavy (non-hydrogen) atoms. The molecule has 0 bridgehead atoms. The van der Waals surface area contributed by atoms with Crippen LogP contribution in [0, 0.1) is 0 Å². The second kappa shape index (κ2) is 5.51. The van der Waals surface area contributed by atoms with Gasteiger partial charge in [-0.2, -0.15) is 5.10 Å². The Bertz CT molecular complexity index is 659. The number of hydrogen-bond acceptors (Lipinski definition) is 5. The van der Waals surface area contributed by atoms with Crippen LogP contribution >= 0.6 is 11.8 Å². The summed E-state index contributed by atoms with van der Waals surface area (Å²) in [5.41, 5.74) is 0.892. The van der Waals surface area contributed by atoms with E-state index in [-0.39, 0.29) is 11.8 Å². The van der Waals surface area contributed by atoms with E-state index in [2.05, 4.69) is 29.1 Å². The molecule has 8 heteroatoms. The van der Waals surface area contributed by atoms with Gasteiger partial charge < -0.3 is 5.11 Å². The highest BCUT2D eigenvalue weighted by Crippen LogP contribution is 2.41. The van der Waals surface area contributed by atoms with E-state index in [1.807, 2.05) is 15.4 Å². The predicted molar refractivity (Wildman–Crippen MR) is 77.9 cm³/mol. The lowest BCUT2D eigenvalue weighted by Gasteiger charge is -2.07. The van der Waals surface area contributed by atoms with Crippen molar-refractivity contribution in [1.82, 2.24) is 24.5 Å². The molecule has 1 aliphatic rings. The van der Waals surface area contributed by atoms with E-state index in [1.165, 1.54) is 11.8 Å². The number of carboxylic acids is 1. The minimum Gasteiger partial charge on any atom is -0.481 e. The third kappa shape index (κ3) is 2.94. The van der Waals surface area contributed by atoms with Gasteiger partial charge in [-0.05, 0) is 26.7 Å². The Hall–Kier alpha value is -1.83. The average molecular weight is 307 g/mol. The topological polar surface area (TPSA) is 85.8 Å². The summed E-state index contributed by atoms with van der Waals surface area (Å²) in [7, 11) is 0. The SMILES string of the molecule is CC(C)n1cc(-n2c(SCC(=O)O)nnc2C2CC2)cn1. The highest BCUT2D eigenvalue weighted by atomic mass is 32.2. The Morgan fingerprint density at radius 2 is 2.24 bits per heavy atom. The van der Waals surface area contributed by atoms with Crippen LogP contribution in [0.15, 0.2) is 17.6 Å². The summed E-state index contributed by atoms with van der Waals surface area (Å²) in [6.45, 7) is 4.12. The fourth-order valence-electron chi connectivity index (χ4n) is 2.08. The molecule has 0 unspecified atom stereocenters. The molecule has 1 saturated carbocycles. The quantitative estimate of drug-likeness (QED) is 0.823. The van der Waals surface area contributed by atoms with Crippen LogP contribution in [0.3, 0.4) is 0 Å². The van der Waals surface area contributed by atoms with Gasteiger partial charge in [0.15, 0.2) is 5.16 Å². The number of rotatable bonds is 6. The maximum atomic E-state index is 10.8. The van der Waals surface area contributed by atoms with Gasteiger partial charge >= 0.3 is 5.97 Å². The Morgan fingerprint density at radius 1 is 1.48 bits per heavy atom. The number of nitrogens with zero attached hydrogens (tertiary/aromatic N) is 5. The molecule has 2 heterocycles. The summed E-state index contributed by atoms with van der Waals surface area (Å²) in [5, 5.41) is 22.2. The lowest BCUT2D eigenvalue weighted by atomic mass is 10.4. The maximum Gasteiger partial charge on any atom is 0.313 e. The molecule has 1 fully saturated rings. The smallest absolute Gasteiger partial charge is 0.313 e. The Morgan fingerprint density at radius 3 is 2.81 bits per heavy atom. The molecule has 3 rings (SSSR count). The largest absolute Gasteiger partial charge is 0.481 e. The monoisotopic (exact) mass is 307 g/mol. The molecule has 0 radical (unpaired) electrons. The van der Waals surface area contributed by atoms with Crippen LogP contribution in [-0.4, -0.2) is 41.4 Å². The van der Waals surface area contributed by atoms with Gasteiger partial charge in [-0.1, -0.05) is 11.8 Å². The van der Waals surface area contributed by atoms with E-state index < -0.39 is 5.97 Å². The Labute approximate surface area is 126 Å². The summed E-state index contributed by atoms with van der Waals surface area (Å²) in [5.74, 6) is 0.451. The van der Waals surface area contributed by atoms with Crippen molar-refractivity contribution in [2.24, 2.45) is 0 Å². The molecule has 0 atom stereocenters. The van der Waals surface area contributed by atoms with Crippen molar-refractivity contribution in [3.63, 3.8) is 0 Å². The highest BCUT2D eigenvalue weighted by Gasteiger charge is 2.31. The van der Waals surface area contributed by atoms with E-state index in [4.69, 9.17) is 5.11 Å². The van der Waals surface area contributed by atoms with E-state index in [0.717, 1.165) is 24.4 Å². The molecular weight excluding hydrogens is 290 g/mol. The molecule has 0 aliphatic heterocycles. The second-order valence-corrected chi connectivity index (χ2v) is 6.35. The maximum absolute atomic E-state index is 10.8. The molecule has 2 aromatic heterocycles. The van der Waals surface area contributed by atoms with E-state index in [1.54, 1.807) is 6.20 Å². The Balaban J connectivity index is 1.96. The summed E-state index contributed by atoms with van der Waals surface area (Å²) < 4.78 is 3.81. The molecule has 1 N–H and O–H groups in total. The first-order valence-corrected chi connectivity index (χ1v) is 7.89. The van der Waals surface area contributed by atoms with E-state index >= 15 is 0 Å². The predicted octanol–water partition coefficient (Wildman–Crippen LogP) is 2.10. The molecule has 1 aliphatic carbocycles. The van der Waals surface area contributed by atoms with Gasteiger partial charge in [0.2, 0.25) is 0 Å². The first-order chi connectivity index (χ1) is 10.1. The lowest BCUT2D eigenvalue weighted by Crippen LogP contribution is -2.04. The summed E-state index contributed by atoms with van der Waals surface area (Å²) in [6, 6.07) is 0.273. The van der Waals surface area contributed by atoms with Crippen molar-refractivity contribution in [3.8, 4) is 5.69 Å². The minimum atomic E-state index is -0.861. The average Bonchev–Trinajstić information content (AvgIpc) is 3.01. The van der Waals surface area contributed by atoms with Crippen molar-refractivity contribution in [3.05, 3.63) is 18.2 Å². The van der Waals surface area contributed by atoms with Crippen molar-refractivity contribution in [2.45, 2.75) is 43.8 Å². The molecule has 0 aromatic carbocycles. The standard InChI is InChI=1S/C13H17N5O2S/c1-8(2)17-6-10(5-14-17)18-12(9-3-4-9)15-16-13(18)21-7-11(19)20/h5-6,8-9H,3-4,7H2,1-2H3,(H,19,20). The summed E-state index contributed by atoms with van der Waals surface area (Å²) in [6.07, 6.45) is 5.95. The van der Waals surface area contributed by atoms with Crippen LogP contribution in [0.2, 0.25) is 0 Å². The zero-order valence-corrected chi connectivity index (χ0v) is 12.7. The van der Waals surface area contributed by atoms with Gasteiger partial charge in [-0.25, -0.2) is 0 Å². The fourth-order valence-corrected chi connectivity index (χ4v) is 2.75. The zero-order valence-electron chi connectivity index (χ0n) is 11.9. The van der Waals surface area contributed by atoms with Gasteiger partial charge in [0.05, 0.1) is 17.6 Å². The van der Waals surface area contributed by atoms with Crippen LogP contribution in [0.1, 0.15) is 44.5 Å². The van der Waals surface area contributed by atoms with Gasteiger partial charge in [-0.3, -0.25) is 14.0 Å². The lowest BCUT2D eigenvalue weighted by molar-refractivity contribution is -0.133. The molecule has 0 amide bonds. The van der Waals surface area contributed by atoms with Crippen LogP contribution in [0.5, 0.6) is 0 Å². The van der Waals surface area contributed by atoms with Gasteiger partial charge in [0.25, 0.3) is 0 Å². The number of hydrogen-bond donors (Lipinski definition) is 1. The van der Waals surface area contributed by atoms with Gasteiger partial charge in [0.1, 0.15) is 5.82 Å². The third-order valence-electron chi connectivity index (χ3n) is 3.30.